The molecule has 1 aliphatic heterocycles. The first-order valence-electron chi connectivity index (χ1n) is 9.18. The van der Waals surface area contributed by atoms with Crippen LogP contribution in [0.25, 0.3) is 11.1 Å². The van der Waals surface area contributed by atoms with Gasteiger partial charge < -0.3 is 15.4 Å². The van der Waals surface area contributed by atoms with Gasteiger partial charge in [-0.05, 0) is 37.5 Å². The topological polar surface area (TPSA) is 93.0 Å². The zero-order chi connectivity index (χ0) is 18.8. The summed E-state index contributed by atoms with van der Waals surface area (Å²) in [5.41, 5.74) is 10.2. The van der Waals surface area contributed by atoms with Gasteiger partial charge in [0, 0.05) is 42.0 Å². The van der Waals surface area contributed by atoms with Crippen molar-refractivity contribution in [2.24, 2.45) is 0 Å². The zero-order valence-corrected chi connectivity index (χ0v) is 15.6. The lowest BCUT2D eigenvalue weighted by molar-refractivity contribution is 0.415. The van der Waals surface area contributed by atoms with Crippen molar-refractivity contribution in [3.05, 3.63) is 47.9 Å². The van der Waals surface area contributed by atoms with Gasteiger partial charge in [-0.3, -0.25) is 5.10 Å². The lowest BCUT2D eigenvalue weighted by Crippen LogP contribution is -2.34. The number of H-pyrrole nitrogens is 1. The normalized spacial score (nSPS) is 15.1. The molecule has 0 spiro atoms. The molecule has 1 aliphatic rings. The molecule has 2 aromatic heterocycles. The van der Waals surface area contributed by atoms with E-state index in [1.165, 1.54) is 5.69 Å². The third-order valence-corrected chi connectivity index (χ3v) is 5.13. The molecule has 27 heavy (non-hydrogen) atoms. The second kappa shape index (κ2) is 7.26. The molecule has 1 saturated heterocycles. The average molecular weight is 364 g/mol. The summed E-state index contributed by atoms with van der Waals surface area (Å²) in [6.45, 7) is 3.80. The van der Waals surface area contributed by atoms with E-state index in [0.29, 0.717) is 11.9 Å². The highest BCUT2D eigenvalue weighted by molar-refractivity contribution is 5.67. The van der Waals surface area contributed by atoms with Crippen molar-refractivity contribution in [2.75, 3.05) is 30.8 Å². The Morgan fingerprint density at radius 1 is 1.19 bits per heavy atom. The molecule has 7 heteroatoms. The summed E-state index contributed by atoms with van der Waals surface area (Å²) in [5.74, 6) is 2.54. The predicted molar refractivity (Wildman–Crippen MR) is 106 cm³/mol. The van der Waals surface area contributed by atoms with E-state index in [-0.39, 0.29) is 0 Å². The number of nitrogen functional groups attached to an aromatic ring is 1. The second-order valence-electron chi connectivity index (χ2n) is 6.92. The van der Waals surface area contributed by atoms with Crippen LogP contribution in [0.4, 0.5) is 11.8 Å². The third-order valence-electron chi connectivity index (χ3n) is 5.13. The van der Waals surface area contributed by atoms with Crippen LogP contribution in [0.15, 0.2) is 36.5 Å². The number of aryl methyl sites for hydroxylation is 1. The first-order chi connectivity index (χ1) is 13.1. The highest BCUT2D eigenvalue weighted by Crippen LogP contribution is 2.35. The van der Waals surface area contributed by atoms with Gasteiger partial charge in [-0.15, -0.1) is 0 Å². The van der Waals surface area contributed by atoms with Gasteiger partial charge in [-0.25, -0.2) is 4.98 Å². The molecule has 3 N–H and O–H groups in total. The lowest BCUT2D eigenvalue weighted by atomic mass is 9.89. The minimum absolute atomic E-state index is 0.334. The van der Waals surface area contributed by atoms with Gasteiger partial charge in [-0.2, -0.15) is 10.1 Å². The van der Waals surface area contributed by atoms with Crippen LogP contribution in [-0.4, -0.2) is 40.4 Å². The molecule has 3 heterocycles. The van der Waals surface area contributed by atoms with Crippen LogP contribution in [-0.2, 0) is 0 Å². The van der Waals surface area contributed by atoms with Crippen LogP contribution in [0.5, 0.6) is 5.75 Å². The van der Waals surface area contributed by atoms with Crippen molar-refractivity contribution < 1.29 is 4.74 Å². The molecule has 1 fully saturated rings. The van der Waals surface area contributed by atoms with E-state index in [9.17, 15) is 0 Å². The Labute approximate surface area is 158 Å². The molecule has 7 nitrogen and oxygen atoms in total. The van der Waals surface area contributed by atoms with Gasteiger partial charge in [0.2, 0.25) is 5.95 Å². The molecular weight excluding hydrogens is 340 g/mol. The van der Waals surface area contributed by atoms with Gasteiger partial charge in [0.05, 0.1) is 13.3 Å². The molecule has 0 atom stereocenters. The van der Waals surface area contributed by atoms with Crippen molar-refractivity contribution in [2.45, 2.75) is 25.7 Å². The van der Waals surface area contributed by atoms with Crippen LogP contribution in [0.1, 0.15) is 30.1 Å². The van der Waals surface area contributed by atoms with Crippen molar-refractivity contribution in [3.8, 4) is 16.9 Å². The molecule has 0 saturated carbocycles. The quantitative estimate of drug-likeness (QED) is 0.739. The number of aromatic amines is 1. The first-order valence-corrected chi connectivity index (χ1v) is 9.18. The molecular formula is C20H24N6O. The number of rotatable bonds is 4. The number of benzene rings is 1. The average Bonchev–Trinajstić information content (AvgIpc) is 3.17. The van der Waals surface area contributed by atoms with Gasteiger partial charge in [0.25, 0.3) is 0 Å². The number of nitrogens with zero attached hydrogens (tertiary/aromatic N) is 4. The maximum atomic E-state index is 5.81. The molecule has 1 aromatic carbocycles. The van der Waals surface area contributed by atoms with Crippen molar-refractivity contribution in [3.63, 3.8) is 0 Å². The molecule has 0 bridgehead atoms. The lowest BCUT2D eigenvalue weighted by Gasteiger charge is -2.33. The number of methoxy groups -OCH3 is 1. The van der Waals surface area contributed by atoms with Crippen LogP contribution in [0.2, 0.25) is 0 Å². The van der Waals surface area contributed by atoms with Gasteiger partial charge in [0.1, 0.15) is 11.6 Å². The van der Waals surface area contributed by atoms with Crippen molar-refractivity contribution >= 4 is 11.8 Å². The highest BCUT2D eigenvalue weighted by atomic mass is 16.5. The standard InChI is InChI=1S/C20H24N6O/c1-13-10-18(24-20(21)23-13)26-8-6-14(7-9-26)19-17(12-22-25-19)15-4-3-5-16(11-15)27-2/h3-5,10-12,14H,6-9H2,1-2H3,(H,22,25)(H2,21,23,24). The number of hydrogen-bond donors (Lipinski definition) is 2. The number of ether oxygens (including phenoxy) is 1. The number of nitrogens with two attached hydrogens (primary N) is 1. The molecule has 0 amide bonds. The number of piperidine rings is 1. The van der Waals surface area contributed by atoms with Crippen LogP contribution in [0, 0.1) is 6.92 Å². The van der Waals surface area contributed by atoms with E-state index >= 15 is 0 Å². The summed E-state index contributed by atoms with van der Waals surface area (Å²) in [4.78, 5) is 10.8. The Bertz CT molecular complexity index is 909. The van der Waals surface area contributed by atoms with E-state index < -0.39 is 0 Å². The minimum Gasteiger partial charge on any atom is -0.497 e. The fourth-order valence-corrected chi connectivity index (χ4v) is 3.76. The summed E-state index contributed by atoms with van der Waals surface area (Å²) in [6, 6.07) is 10.1. The molecule has 3 aromatic rings. The largest absolute Gasteiger partial charge is 0.497 e. The Morgan fingerprint density at radius 2 is 2.00 bits per heavy atom. The summed E-state index contributed by atoms with van der Waals surface area (Å²) < 4.78 is 5.36. The SMILES string of the molecule is COc1cccc(-c2cn[nH]c2C2CCN(c3cc(C)nc(N)n3)CC2)c1. The number of anilines is 2. The summed E-state index contributed by atoms with van der Waals surface area (Å²) in [7, 11) is 1.69. The third kappa shape index (κ3) is 3.58. The van der Waals surface area contributed by atoms with Crippen molar-refractivity contribution in [1.82, 2.24) is 20.2 Å². The second-order valence-corrected chi connectivity index (χ2v) is 6.92. The maximum Gasteiger partial charge on any atom is 0.222 e. The number of aromatic nitrogens is 4. The number of nitrogens with one attached hydrogen (secondary N) is 1. The Kier molecular flexibility index (Phi) is 4.66. The van der Waals surface area contributed by atoms with Crippen LogP contribution >= 0.6 is 0 Å². The predicted octanol–water partition coefficient (Wildman–Crippen LogP) is 3.15. The smallest absolute Gasteiger partial charge is 0.222 e. The van der Waals surface area contributed by atoms with Gasteiger partial charge >= 0.3 is 0 Å². The molecule has 0 aliphatic carbocycles. The van der Waals surface area contributed by atoms with E-state index in [4.69, 9.17) is 10.5 Å². The first kappa shape index (κ1) is 17.3. The molecule has 140 valence electrons. The Balaban J connectivity index is 1.51. The zero-order valence-electron chi connectivity index (χ0n) is 15.6. The highest BCUT2D eigenvalue weighted by Gasteiger charge is 2.25. The van der Waals surface area contributed by atoms with E-state index in [1.807, 2.05) is 31.3 Å². The van der Waals surface area contributed by atoms with E-state index in [2.05, 4.69) is 37.2 Å². The molecule has 4 rings (SSSR count). The van der Waals surface area contributed by atoms with Gasteiger partial charge in [0.15, 0.2) is 0 Å². The maximum absolute atomic E-state index is 5.81. The fraction of sp³-hybridized carbons (Fsp3) is 0.350. The number of hydrogen-bond acceptors (Lipinski definition) is 6. The van der Waals surface area contributed by atoms with Crippen LogP contribution in [0.3, 0.4) is 0 Å². The van der Waals surface area contributed by atoms with E-state index in [1.54, 1.807) is 7.11 Å². The summed E-state index contributed by atoms with van der Waals surface area (Å²) in [6.07, 6.45) is 3.97. The Hall–Kier alpha value is -3.09. The summed E-state index contributed by atoms with van der Waals surface area (Å²) >= 11 is 0. The van der Waals surface area contributed by atoms with Crippen LogP contribution < -0.4 is 15.4 Å². The Morgan fingerprint density at radius 3 is 2.74 bits per heavy atom. The monoisotopic (exact) mass is 364 g/mol. The van der Waals surface area contributed by atoms with Gasteiger partial charge in [-0.1, -0.05) is 12.1 Å². The fourth-order valence-electron chi connectivity index (χ4n) is 3.76. The van der Waals surface area contributed by atoms with Crippen molar-refractivity contribution in [1.29, 1.82) is 0 Å². The molecule has 0 radical (unpaired) electrons. The van der Waals surface area contributed by atoms with E-state index in [0.717, 1.165) is 54.3 Å². The summed E-state index contributed by atoms with van der Waals surface area (Å²) in [5, 5.41) is 7.54. The minimum atomic E-state index is 0.334. The molecule has 0 unspecified atom stereocenters.